The predicted molar refractivity (Wildman–Crippen MR) is 119 cm³/mol. The lowest BCUT2D eigenvalue weighted by atomic mass is 10.1. The molecule has 1 aliphatic rings. The number of carbonyl (C=O) groups excluding carboxylic acids is 1. The maximum Gasteiger partial charge on any atom is 0.416 e. The van der Waals surface area contributed by atoms with Crippen molar-refractivity contribution in [2.24, 2.45) is 0 Å². The second-order valence-corrected chi connectivity index (χ2v) is 8.30. The van der Waals surface area contributed by atoms with Gasteiger partial charge in [0.25, 0.3) is 5.91 Å². The lowest BCUT2D eigenvalue weighted by Crippen LogP contribution is -2.32. The van der Waals surface area contributed by atoms with Crippen molar-refractivity contribution in [3.8, 4) is 0 Å². The SMILES string of the molecule is O=C(NC[C@@H]1CCCO1)c1coc(CN(Cc2ccccc2)Cc2ccc(C(F)(F)F)cc2)n1. The van der Waals surface area contributed by atoms with Gasteiger partial charge in [-0.05, 0) is 36.1 Å². The smallest absolute Gasteiger partial charge is 0.416 e. The predicted octanol–water partition coefficient (Wildman–Crippen LogP) is 4.80. The number of oxazole rings is 1. The first kappa shape index (κ1) is 24.0. The first-order chi connectivity index (χ1) is 16.4. The molecule has 1 fully saturated rings. The molecule has 34 heavy (non-hydrogen) atoms. The summed E-state index contributed by atoms with van der Waals surface area (Å²) in [5, 5.41) is 2.81. The molecule has 9 heteroatoms. The summed E-state index contributed by atoms with van der Waals surface area (Å²) in [5.74, 6) is 0.0213. The fourth-order valence-electron chi connectivity index (χ4n) is 3.85. The van der Waals surface area contributed by atoms with Gasteiger partial charge in [0.2, 0.25) is 5.89 Å². The van der Waals surface area contributed by atoms with Gasteiger partial charge in [0, 0.05) is 26.2 Å². The number of carbonyl (C=O) groups is 1. The van der Waals surface area contributed by atoms with Gasteiger partial charge in [-0.15, -0.1) is 0 Å². The van der Waals surface area contributed by atoms with Crippen molar-refractivity contribution in [1.29, 1.82) is 0 Å². The van der Waals surface area contributed by atoms with E-state index < -0.39 is 11.7 Å². The van der Waals surface area contributed by atoms with Crippen LogP contribution < -0.4 is 5.32 Å². The maximum atomic E-state index is 12.9. The molecule has 0 bridgehead atoms. The fraction of sp³-hybridized carbons (Fsp3) is 0.360. The van der Waals surface area contributed by atoms with Gasteiger partial charge in [0.05, 0.1) is 18.2 Å². The Balaban J connectivity index is 1.42. The van der Waals surface area contributed by atoms with Crippen molar-refractivity contribution in [2.45, 2.75) is 44.8 Å². The molecule has 1 N–H and O–H groups in total. The van der Waals surface area contributed by atoms with E-state index in [9.17, 15) is 18.0 Å². The second-order valence-electron chi connectivity index (χ2n) is 8.30. The number of nitrogens with one attached hydrogen (secondary N) is 1. The van der Waals surface area contributed by atoms with Crippen LogP contribution in [0, 0.1) is 0 Å². The summed E-state index contributed by atoms with van der Waals surface area (Å²) in [7, 11) is 0. The molecule has 4 rings (SSSR count). The van der Waals surface area contributed by atoms with E-state index >= 15 is 0 Å². The third-order valence-corrected chi connectivity index (χ3v) is 5.59. The van der Waals surface area contributed by atoms with Crippen LogP contribution in [0.3, 0.4) is 0 Å². The minimum atomic E-state index is -4.37. The Hall–Kier alpha value is -3.17. The minimum absolute atomic E-state index is 0.0282. The zero-order valence-electron chi connectivity index (χ0n) is 18.6. The first-order valence-electron chi connectivity index (χ1n) is 11.1. The van der Waals surface area contributed by atoms with Crippen LogP contribution in [0.2, 0.25) is 0 Å². The summed E-state index contributed by atoms with van der Waals surface area (Å²) in [4.78, 5) is 18.7. The highest BCUT2D eigenvalue weighted by molar-refractivity contribution is 5.91. The number of amides is 1. The summed E-state index contributed by atoms with van der Waals surface area (Å²) >= 11 is 0. The highest BCUT2D eigenvalue weighted by atomic mass is 19.4. The van der Waals surface area contributed by atoms with E-state index in [1.54, 1.807) is 0 Å². The summed E-state index contributed by atoms with van der Waals surface area (Å²) in [5.41, 5.74) is 1.26. The van der Waals surface area contributed by atoms with Crippen LogP contribution >= 0.6 is 0 Å². The van der Waals surface area contributed by atoms with E-state index in [1.165, 1.54) is 18.4 Å². The number of nitrogens with zero attached hydrogens (tertiary/aromatic N) is 2. The molecule has 1 atom stereocenters. The summed E-state index contributed by atoms with van der Waals surface area (Å²) in [6, 6.07) is 14.8. The molecule has 0 spiro atoms. The number of alkyl halides is 3. The molecule has 0 unspecified atom stereocenters. The molecule has 2 heterocycles. The van der Waals surface area contributed by atoms with Crippen LogP contribution in [0.1, 0.15) is 45.9 Å². The van der Waals surface area contributed by atoms with E-state index in [4.69, 9.17) is 9.15 Å². The average Bonchev–Trinajstić information content (AvgIpc) is 3.50. The van der Waals surface area contributed by atoms with Crippen molar-refractivity contribution in [1.82, 2.24) is 15.2 Å². The minimum Gasteiger partial charge on any atom is -0.447 e. The molecule has 1 aliphatic heterocycles. The average molecular weight is 473 g/mol. The Labute approximate surface area is 195 Å². The van der Waals surface area contributed by atoms with Crippen molar-refractivity contribution >= 4 is 5.91 Å². The van der Waals surface area contributed by atoms with Crippen molar-refractivity contribution < 1.29 is 27.1 Å². The molecule has 180 valence electrons. The van der Waals surface area contributed by atoms with Gasteiger partial charge in [-0.3, -0.25) is 9.69 Å². The molecular weight excluding hydrogens is 447 g/mol. The highest BCUT2D eigenvalue weighted by Gasteiger charge is 2.30. The molecule has 0 aliphatic carbocycles. The van der Waals surface area contributed by atoms with E-state index in [0.717, 1.165) is 36.1 Å². The Kier molecular flexibility index (Phi) is 7.64. The van der Waals surface area contributed by atoms with Gasteiger partial charge in [0.1, 0.15) is 6.26 Å². The quantitative estimate of drug-likeness (QED) is 0.483. The van der Waals surface area contributed by atoms with Gasteiger partial charge in [-0.2, -0.15) is 13.2 Å². The standard InChI is InChI=1S/C25H26F3N3O3/c26-25(27,28)20-10-8-19(9-11-20)15-31(14-18-5-2-1-3-6-18)16-23-30-22(17-34-23)24(32)29-13-21-7-4-12-33-21/h1-3,5-6,8-11,17,21H,4,7,12-16H2,(H,29,32)/t21-/m0/s1. The highest BCUT2D eigenvalue weighted by Crippen LogP contribution is 2.29. The fourth-order valence-corrected chi connectivity index (χ4v) is 3.85. The Morgan fingerprint density at radius 3 is 2.38 bits per heavy atom. The second kappa shape index (κ2) is 10.8. The number of hydrogen-bond donors (Lipinski definition) is 1. The number of ether oxygens (including phenoxy) is 1. The molecule has 2 aromatic carbocycles. The van der Waals surface area contributed by atoms with Crippen molar-refractivity contribution in [3.05, 3.63) is 89.1 Å². The van der Waals surface area contributed by atoms with E-state index in [-0.39, 0.29) is 24.2 Å². The lowest BCUT2D eigenvalue weighted by molar-refractivity contribution is -0.137. The third-order valence-electron chi connectivity index (χ3n) is 5.59. The summed E-state index contributed by atoms with van der Waals surface area (Å²) in [6.45, 7) is 2.34. The van der Waals surface area contributed by atoms with Gasteiger partial charge in [0.15, 0.2) is 5.69 Å². The lowest BCUT2D eigenvalue weighted by Gasteiger charge is -2.21. The van der Waals surface area contributed by atoms with Crippen molar-refractivity contribution in [3.63, 3.8) is 0 Å². The van der Waals surface area contributed by atoms with Crippen LogP contribution in [-0.2, 0) is 30.5 Å². The topological polar surface area (TPSA) is 67.6 Å². The number of aromatic nitrogens is 1. The molecular formula is C25H26F3N3O3. The number of benzene rings is 2. The van der Waals surface area contributed by atoms with Gasteiger partial charge >= 0.3 is 6.18 Å². The summed E-state index contributed by atoms with van der Waals surface area (Å²) in [6.07, 6.45) is -1.12. The zero-order valence-corrected chi connectivity index (χ0v) is 18.6. The van der Waals surface area contributed by atoms with Gasteiger partial charge in [-0.25, -0.2) is 4.98 Å². The van der Waals surface area contributed by atoms with Crippen LogP contribution in [0.15, 0.2) is 65.3 Å². The van der Waals surface area contributed by atoms with Gasteiger partial charge in [-0.1, -0.05) is 42.5 Å². The van der Waals surface area contributed by atoms with Crippen LogP contribution in [0.4, 0.5) is 13.2 Å². The molecule has 6 nitrogen and oxygen atoms in total. The van der Waals surface area contributed by atoms with E-state index in [2.05, 4.69) is 10.3 Å². The molecule has 1 amide bonds. The number of halogens is 3. The Morgan fingerprint density at radius 2 is 1.74 bits per heavy atom. The molecule has 0 saturated carbocycles. The molecule has 1 saturated heterocycles. The normalized spacial score (nSPS) is 16.2. The molecule has 0 radical (unpaired) electrons. The largest absolute Gasteiger partial charge is 0.447 e. The Morgan fingerprint density at radius 1 is 1.03 bits per heavy atom. The van der Waals surface area contributed by atoms with E-state index in [1.807, 2.05) is 35.2 Å². The maximum absolute atomic E-state index is 12.9. The monoisotopic (exact) mass is 473 g/mol. The number of hydrogen-bond acceptors (Lipinski definition) is 5. The third kappa shape index (κ3) is 6.68. The van der Waals surface area contributed by atoms with Crippen LogP contribution in [0.5, 0.6) is 0 Å². The first-order valence-corrected chi connectivity index (χ1v) is 11.1. The van der Waals surface area contributed by atoms with Crippen LogP contribution in [-0.4, -0.2) is 35.0 Å². The molecule has 3 aromatic rings. The molecule has 1 aromatic heterocycles. The number of rotatable bonds is 9. The van der Waals surface area contributed by atoms with E-state index in [0.29, 0.717) is 32.1 Å². The van der Waals surface area contributed by atoms with Crippen molar-refractivity contribution in [2.75, 3.05) is 13.2 Å². The summed E-state index contributed by atoms with van der Waals surface area (Å²) < 4.78 is 49.7. The van der Waals surface area contributed by atoms with Gasteiger partial charge < -0.3 is 14.5 Å². The Bertz CT molecular complexity index is 1060. The zero-order chi connectivity index (χ0) is 24.0. The van der Waals surface area contributed by atoms with Crippen LogP contribution in [0.25, 0.3) is 0 Å².